The molecule has 0 fully saturated rings. The van der Waals surface area contributed by atoms with E-state index in [9.17, 15) is 0 Å². The van der Waals surface area contributed by atoms with Gasteiger partial charge in [-0.25, -0.2) is 0 Å². The van der Waals surface area contributed by atoms with Gasteiger partial charge in [-0.05, 0) is 12.1 Å². The molecule has 0 unspecified atom stereocenters. The van der Waals surface area contributed by atoms with Gasteiger partial charge in [-0.15, -0.1) is 0 Å². The SMILES string of the molecule is N#CCc1cc2cc[nH]c2o1. The van der Waals surface area contributed by atoms with E-state index in [-0.39, 0.29) is 0 Å². The average molecular weight is 146 g/mol. The predicted octanol–water partition coefficient (Wildman–Crippen LogP) is 1.83. The van der Waals surface area contributed by atoms with Crippen LogP contribution in [0.15, 0.2) is 22.7 Å². The second kappa shape index (κ2) is 2.17. The monoisotopic (exact) mass is 146 g/mol. The van der Waals surface area contributed by atoms with Crippen LogP contribution in [-0.4, -0.2) is 4.98 Å². The van der Waals surface area contributed by atoms with Crippen LogP contribution < -0.4 is 0 Å². The molecule has 0 bridgehead atoms. The number of nitrogens with zero attached hydrogens (tertiary/aromatic N) is 1. The number of H-pyrrole nitrogens is 1. The Kier molecular flexibility index (Phi) is 1.19. The van der Waals surface area contributed by atoms with Gasteiger partial charge >= 0.3 is 0 Å². The summed E-state index contributed by atoms with van der Waals surface area (Å²) in [5, 5.41) is 9.39. The van der Waals surface area contributed by atoms with Gasteiger partial charge < -0.3 is 9.40 Å². The third kappa shape index (κ3) is 0.887. The zero-order chi connectivity index (χ0) is 7.68. The quantitative estimate of drug-likeness (QED) is 0.667. The lowest BCUT2D eigenvalue weighted by atomic mass is 10.3. The second-order valence-corrected chi connectivity index (χ2v) is 2.31. The van der Waals surface area contributed by atoms with Crippen molar-refractivity contribution < 1.29 is 4.42 Å². The molecule has 0 saturated heterocycles. The van der Waals surface area contributed by atoms with Gasteiger partial charge in [-0.2, -0.15) is 5.26 Å². The Morgan fingerprint density at radius 1 is 1.64 bits per heavy atom. The summed E-state index contributed by atoms with van der Waals surface area (Å²) in [5.74, 6) is 0.717. The highest BCUT2D eigenvalue weighted by molar-refractivity contribution is 5.74. The summed E-state index contributed by atoms with van der Waals surface area (Å²) in [5.41, 5.74) is 0.746. The molecule has 0 spiro atoms. The first-order valence-electron chi connectivity index (χ1n) is 3.33. The molecule has 0 radical (unpaired) electrons. The smallest absolute Gasteiger partial charge is 0.204 e. The third-order valence-electron chi connectivity index (χ3n) is 1.54. The maximum atomic E-state index is 8.36. The highest BCUT2D eigenvalue weighted by Crippen LogP contribution is 2.17. The molecule has 11 heavy (non-hydrogen) atoms. The Morgan fingerprint density at radius 3 is 3.27 bits per heavy atom. The van der Waals surface area contributed by atoms with E-state index in [1.165, 1.54) is 0 Å². The molecule has 0 aliphatic heterocycles. The van der Waals surface area contributed by atoms with Crippen molar-refractivity contribution in [1.82, 2.24) is 4.98 Å². The van der Waals surface area contributed by atoms with Crippen molar-refractivity contribution in [1.29, 1.82) is 5.26 Å². The average Bonchev–Trinajstić information content (AvgIpc) is 2.46. The summed E-state index contributed by atoms with van der Waals surface area (Å²) in [6, 6.07) is 5.81. The Bertz CT molecular complexity index is 376. The fourth-order valence-corrected chi connectivity index (χ4v) is 1.07. The summed E-state index contributed by atoms with van der Waals surface area (Å²) in [6.45, 7) is 0. The lowest BCUT2D eigenvalue weighted by Crippen LogP contribution is -1.72. The van der Waals surface area contributed by atoms with E-state index in [2.05, 4.69) is 4.98 Å². The van der Waals surface area contributed by atoms with Crippen molar-refractivity contribution in [2.75, 3.05) is 0 Å². The zero-order valence-electron chi connectivity index (χ0n) is 5.79. The zero-order valence-corrected chi connectivity index (χ0v) is 5.79. The standard InChI is InChI=1S/C8H6N2O/c9-3-1-7-5-6-2-4-10-8(6)11-7/h2,4-5,10H,1H2. The predicted molar refractivity (Wildman–Crippen MR) is 39.9 cm³/mol. The summed E-state index contributed by atoms with van der Waals surface area (Å²) in [6.07, 6.45) is 2.15. The second-order valence-electron chi connectivity index (χ2n) is 2.31. The van der Waals surface area contributed by atoms with Crippen LogP contribution >= 0.6 is 0 Å². The Balaban J connectivity index is 2.52. The van der Waals surface area contributed by atoms with Crippen LogP contribution in [0.1, 0.15) is 5.76 Å². The molecule has 0 amide bonds. The topological polar surface area (TPSA) is 52.7 Å². The summed E-state index contributed by atoms with van der Waals surface area (Å²) in [4.78, 5) is 2.92. The first-order valence-corrected chi connectivity index (χ1v) is 3.33. The number of aromatic nitrogens is 1. The molecule has 2 aromatic rings. The van der Waals surface area contributed by atoms with Gasteiger partial charge in [0.05, 0.1) is 12.5 Å². The van der Waals surface area contributed by atoms with E-state index in [0.29, 0.717) is 12.2 Å². The van der Waals surface area contributed by atoms with Gasteiger partial charge in [-0.1, -0.05) is 0 Å². The molecular formula is C8H6N2O. The first-order chi connectivity index (χ1) is 5.40. The molecule has 2 rings (SSSR count). The van der Waals surface area contributed by atoms with Crippen LogP contribution in [0, 0.1) is 11.3 Å². The molecule has 0 atom stereocenters. The fourth-order valence-electron chi connectivity index (χ4n) is 1.07. The largest absolute Gasteiger partial charge is 0.444 e. The first kappa shape index (κ1) is 6.05. The van der Waals surface area contributed by atoms with Crippen LogP contribution in [0.2, 0.25) is 0 Å². The van der Waals surface area contributed by atoms with E-state index >= 15 is 0 Å². The molecule has 2 aromatic heterocycles. The maximum Gasteiger partial charge on any atom is 0.204 e. The molecule has 1 N–H and O–H groups in total. The normalized spacial score (nSPS) is 10.1. The molecule has 2 heterocycles. The van der Waals surface area contributed by atoms with Crippen LogP contribution in [0.3, 0.4) is 0 Å². The van der Waals surface area contributed by atoms with Crippen LogP contribution in [-0.2, 0) is 6.42 Å². The lowest BCUT2D eigenvalue weighted by molar-refractivity contribution is 0.557. The van der Waals surface area contributed by atoms with Crippen molar-refractivity contribution in [2.24, 2.45) is 0 Å². The van der Waals surface area contributed by atoms with Crippen molar-refractivity contribution in [3.8, 4) is 6.07 Å². The number of aromatic amines is 1. The molecule has 0 aliphatic rings. The number of nitriles is 1. The summed E-state index contributed by atoms with van der Waals surface area (Å²) >= 11 is 0. The van der Waals surface area contributed by atoms with Crippen molar-refractivity contribution >= 4 is 11.1 Å². The number of rotatable bonds is 1. The molecule has 3 heteroatoms. The van der Waals surface area contributed by atoms with Gasteiger partial charge in [0.2, 0.25) is 5.71 Å². The minimum absolute atomic E-state index is 0.336. The van der Waals surface area contributed by atoms with Gasteiger partial charge in [0.25, 0.3) is 0 Å². The van der Waals surface area contributed by atoms with Gasteiger partial charge in [0.15, 0.2) is 0 Å². The number of furan rings is 1. The van der Waals surface area contributed by atoms with E-state index in [1.807, 2.05) is 24.4 Å². The lowest BCUT2D eigenvalue weighted by Gasteiger charge is -1.80. The number of fused-ring (bicyclic) bond motifs is 1. The maximum absolute atomic E-state index is 8.36. The highest BCUT2D eigenvalue weighted by Gasteiger charge is 2.02. The Labute approximate surface area is 63.2 Å². The third-order valence-corrected chi connectivity index (χ3v) is 1.54. The highest BCUT2D eigenvalue weighted by atomic mass is 16.3. The Morgan fingerprint density at radius 2 is 2.55 bits per heavy atom. The molecular weight excluding hydrogens is 140 g/mol. The van der Waals surface area contributed by atoms with Crippen LogP contribution in [0.25, 0.3) is 11.1 Å². The van der Waals surface area contributed by atoms with Crippen molar-refractivity contribution in [3.63, 3.8) is 0 Å². The van der Waals surface area contributed by atoms with E-state index in [0.717, 1.165) is 11.1 Å². The van der Waals surface area contributed by atoms with E-state index in [4.69, 9.17) is 9.68 Å². The number of nitrogens with one attached hydrogen (secondary N) is 1. The van der Waals surface area contributed by atoms with E-state index in [1.54, 1.807) is 0 Å². The number of hydrogen-bond acceptors (Lipinski definition) is 2. The van der Waals surface area contributed by atoms with Gasteiger partial charge in [-0.3, -0.25) is 0 Å². The molecule has 0 aliphatic carbocycles. The minimum atomic E-state index is 0.336. The number of hydrogen-bond donors (Lipinski definition) is 1. The molecule has 0 saturated carbocycles. The van der Waals surface area contributed by atoms with Crippen molar-refractivity contribution in [2.45, 2.75) is 6.42 Å². The Hall–Kier alpha value is -1.69. The molecule has 3 nitrogen and oxygen atoms in total. The summed E-state index contributed by atoms with van der Waals surface area (Å²) < 4.78 is 5.27. The summed E-state index contributed by atoms with van der Waals surface area (Å²) in [7, 11) is 0. The molecule has 54 valence electrons. The van der Waals surface area contributed by atoms with Crippen LogP contribution in [0.5, 0.6) is 0 Å². The van der Waals surface area contributed by atoms with Gasteiger partial charge in [0.1, 0.15) is 5.76 Å². The van der Waals surface area contributed by atoms with Crippen LogP contribution in [0.4, 0.5) is 0 Å². The minimum Gasteiger partial charge on any atom is -0.444 e. The fraction of sp³-hybridized carbons (Fsp3) is 0.125. The van der Waals surface area contributed by atoms with E-state index < -0.39 is 0 Å². The molecule has 0 aromatic carbocycles. The van der Waals surface area contributed by atoms with Gasteiger partial charge in [0, 0.05) is 11.6 Å². The van der Waals surface area contributed by atoms with Crippen molar-refractivity contribution in [3.05, 3.63) is 24.1 Å².